The van der Waals surface area contributed by atoms with Gasteiger partial charge in [0.25, 0.3) is 5.92 Å². The molecule has 2 atom stereocenters. The topological polar surface area (TPSA) is 68.5 Å². The van der Waals surface area contributed by atoms with Crippen molar-refractivity contribution < 1.29 is 31.5 Å². The normalized spacial score (nSPS) is 23.4. The van der Waals surface area contributed by atoms with Crippen molar-refractivity contribution in [3.63, 3.8) is 0 Å². The number of pyridine rings is 1. The average Bonchev–Trinajstić information content (AvgIpc) is 3.51. The molecular formula is C27H32F5N3O2. The first kappa shape index (κ1) is 27.4. The molecular weight excluding hydrogens is 493 g/mol. The van der Waals surface area contributed by atoms with Gasteiger partial charge in [0.1, 0.15) is 17.3 Å². The summed E-state index contributed by atoms with van der Waals surface area (Å²) < 4.78 is 72.7. The van der Waals surface area contributed by atoms with E-state index in [0.29, 0.717) is 12.5 Å². The molecule has 1 amide bonds. The van der Waals surface area contributed by atoms with Crippen LogP contribution in [0.4, 0.5) is 22.0 Å². The predicted octanol–water partition coefficient (Wildman–Crippen LogP) is 5.26. The number of rotatable bonds is 7. The Kier molecular flexibility index (Phi) is 8.79. The summed E-state index contributed by atoms with van der Waals surface area (Å²) >= 11 is 0. The Morgan fingerprint density at radius 1 is 1.08 bits per heavy atom. The molecule has 0 radical (unpaired) electrons. The minimum atomic E-state index is -2.49. The number of primary amides is 1. The predicted molar refractivity (Wildman–Crippen MR) is 128 cm³/mol. The Labute approximate surface area is 213 Å². The highest BCUT2D eigenvalue weighted by Gasteiger charge is 2.38. The summed E-state index contributed by atoms with van der Waals surface area (Å²) in [5.74, 6) is -4.78. The minimum Gasteiger partial charge on any atom is -0.373 e. The summed E-state index contributed by atoms with van der Waals surface area (Å²) in [4.78, 5) is 17.0. The lowest BCUT2D eigenvalue weighted by molar-refractivity contribution is -0.117. The molecule has 0 spiro atoms. The van der Waals surface area contributed by atoms with Crippen LogP contribution in [0.15, 0.2) is 30.5 Å². The number of nitrogens with zero attached hydrogens (tertiary/aromatic N) is 2. The number of halogens is 5. The zero-order valence-electron chi connectivity index (χ0n) is 20.6. The van der Waals surface area contributed by atoms with Crippen LogP contribution in [-0.4, -0.2) is 53.6 Å². The molecule has 2 unspecified atom stereocenters. The third-order valence-electron chi connectivity index (χ3n) is 6.89. The van der Waals surface area contributed by atoms with Crippen molar-refractivity contribution in [2.24, 2.45) is 11.7 Å². The third-order valence-corrected chi connectivity index (χ3v) is 6.89. The molecule has 1 aromatic carbocycles. The number of aromatic nitrogens is 1. The van der Waals surface area contributed by atoms with Gasteiger partial charge in [-0.25, -0.2) is 22.0 Å². The summed E-state index contributed by atoms with van der Waals surface area (Å²) in [6, 6.07) is 3.89. The molecule has 37 heavy (non-hydrogen) atoms. The maximum absolute atomic E-state index is 14.1. The van der Waals surface area contributed by atoms with Crippen LogP contribution in [0.5, 0.6) is 0 Å². The van der Waals surface area contributed by atoms with E-state index in [0.717, 1.165) is 44.0 Å². The fourth-order valence-corrected chi connectivity index (χ4v) is 4.95. The second-order valence-corrected chi connectivity index (χ2v) is 10.3. The molecule has 1 saturated heterocycles. The Morgan fingerprint density at radius 3 is 2.46 bits per heavy atom. The van der Waals surface area contributed by atoms with E-state index in [1.54, 1.807) is 0 Å². The number of hydrogen-bond acceptors (Lipinski definition) is 4. The van der Waals surface area contributed by atoms with Gasteiger partial charge in [-0.05, 0) is 56.2 Å². The largest absolute Gasteiger partial charge is 0.373 e. The molecule has 202 valence electrons. The van der Waals surface area contributed by atoms with Gasteiger partial charge in [0, 0.05) is 55.9 Å². The van der Waals surface area contributed by atoms with Gasteiger partial charge in [0.15, 0.2) is 5.82 Å². The lowest BCUT2D eigenvalue weighted by Gasteiger charge is -2.30. The van der Waals surface area contributed by atoms with Gasteiger partial charge in [-0.3, -0.25) is 9.78 Å². The van der Waals surface area contributed by atoms with Crippen LogP contribution in [0.25, 0.3) is 11.3 Å². The van der Waals surface area contributed by atoms with Crippen LogP contribution >= 0.6 is 0 Å². The molecule has 2 aromatic rings. The lowest BCUT2D eigenvalue weighted by atomic mass is 9.94. The highest BCUT2D eigenvalue weighted by Crippen LogP contribution is 2.36. The first-order chi connectivity index (χ1) is 17.6. The third kappa shape index (κ3) is 8.20. The maximum Gasteiger partial charge on any atom is 0.250 e. The van der Waals surface area contributed by atoms with E-state index in [-0.39, 0.29) is 48.3 Å². The Morgan fingerprint density at radius 2 is 1.81 bits per heavy atom. The number of carbonyl (C=O) groups is 1. The summed E-state index contributed by atoms with van der Waals surface area (Å²) in [5, 5.41) is 0. The van der Waals surface area contributed by atoms with Gasteiger partial charge >= 0.3 is 0 Å². The molecule has 5 nitrogen and oxygen atoms in total. The second-order valence-electron chi connectivity index (χ2n) is 10.3. The molecule has 3 aliphatic rings. The standard InChI is InChI=1S/C14H23F2NO.C13H9F3N2O/c15-14(16)6-1-2-12(8-14)18-13-5-7-17(10-13)9-11-3-4-11;14-9-3-8(4-10(15)6-9)13-12(16)7(1-2-18-13)5-11(17)19/h11-13H,1-10H2;1-4,6H,5H2,(H2,17,19). The summed E-state index contributed by atoms with van der Waals surface area (Å²) in [6.45, 7) is 3.24. The van der Waals surface area contributed by atoms with Crippen LogP contribution in [0, 0.1) is 23.4 Å². The molecule has 2 aliphatic carbocycles. The van der Waals surface area contributed by atoms with E-state index in [1.165, 1.54) is 31.6 Å². The molecule has 1 aliphatic heterocycles. The maximum atomic E-state index is 14.1. The monoisotopic (exact) mass is 525 g/mol. The fraction of sp³-hybridized carbons (Fsp3) is 0.556. The number of ether oxygens (including phenoxy) is 1. The molecule has 10 heteroatoms. The van der Waals surface area contributed by atoms with Crippen LogP contribution in [0.2, 0.25) is 0 Å². The van der Waals surface area contributed by atoms with Gasteiger partial charge < -0.3 is 15.4 Å². The quantitative estimate of drug-likeness (QED) is 0.501. The van der Waals surface area contributed by atoms with Crippen molar-refractivity contribution in [2.75, 3.05) is 19.6 Å². The number of benzene rings is 1. The first-order valence-electron chi connectivity index (χ1n) is 12.7. The molecule has 5 rings (SSSR count). The van der Waals surface area contributed by atoms with E-state index < -0.39 is 29.3 Å². The van der Waals surface area contributed by atoms with E-state index in [9.17, 15) is 26.7 Å². The number of carbonyl (C=O) groups excluding carboxylic acids is 1. The molecule has 3 fully saturated rings. The number of likely N-dealkylation sites (tertiary alicyclic amines) is 1. The van der Waals surface area contributed by atoms with Gasteiger partial charge in [0.2, 0.25) is 5.91 Å². The zero-order chi connectivity index (χ0) is 26.6. The van der Waals surface area contributed by atoms with Crippen molar-refractivity contribution in [3.05, 3.63) is 53.5 Å². The lowest BCUT2D eigenvalue weighted by Crippen LogP contribution is -2.35. The molecule has 0 bridgehead atoms. The van der Waals surface area contributed by atoms with Crippen molar-refractivity contribution in [3.8, 4) is 11.3 Å². The Balaban J connectivity index is 0.000000173. The zero-order valence-corrected chi connectivity index (χ0v) is 20.6. The van der Waals surface area contributed by atoms with Crippen molar-refractivity contribution in [2.45, 2.75) is 69.5 Å². The van der Waals surface area contributed by atoms with Crippen LogP contribution in [0.3, 0.4) is 0 Å². The Bertz CT molecular complexity index is 1080. The highest BCUT2D eigenvalue weighted by atomic mass is 19.3. The van der Waals surface area contributed by atoms with Crippen molar-refractivity contribution in [1.82, 2.24) is 9.88 Å². The van der Waals surface area contributed by atoms with Gasteiger partial charge in [-0.2, -0.15) is 0 Å². The highest BCUT2D eigenvalue weighted by molar-refractivity contribution is 5.77. The molecule has 2 saturated carbocycles. The van der Waals surface area contributed by atoms with Gasteiger partial charge in [0.05, 0.1) is 18.6 Å². The van der Waals surface area contributed by atoms with Crippen LogP contribution in [0.1, 0.15) is 50.5 Å². The van der Waals surface area contributed by atoms with Crippen LogP contribution < -0.4 is 5.73 Å². The summed E-state index contributed by atoms with van der Waals surface area (Å²) in [5.41, 5.74) is 4.75. The van der Waals surface area contributed by atoms with Crippen LogP contribution in [-0.2, 0) is 16.0 Å². The Hall–Kier alpha value is -2.59. The SMILES string of the molecule is FC1(F)CCCC(OC2CCN(CC3CC3)C2)C1.NC(=O)Cc1ccnc(-c2cc(F)cc(F)c2)c1F. The summed E-state index contributed by atoms with van der Waals surface area (Å²) in [6.07, 6.45) is 6.10. The number of nitrogens with two attached hydrogens (primary N) is 1. The number of amides is 1. The summed E-state index contributed by atoms with van der Waals surface area (Å²) in [7, 11) is 0. The molecule has 1 aromatic heterocycles. The average molecular weight is 526 g/mol. The van der Waals surface area contributed by atoms with E-state index in [2.05, 4.69) is 9.88 Å². The molecule has 2 N–H and O–H groups in total. The van der Waals surface area contributed by atoms with Gasteiger partial charge in [-0.1, -0.05) is 0 Å². The van der Waals surface area contributed by atoms with E-state index in [4.69, 9.17) is 10.5 Å². The van der Waals surface area contributed by atoms with Crippen molar-refractivity contribution >= 4 is 5.91 Å². The minimum absolute atomic E-state index is 0.0298. The smallest absolute Gasteiger partial charge is 0.250 e. The number of hydrogen-bond donors (Lipinski definition) is 1. The first-order valence-corrected chi connectivity index (χ1v) is 12.7. The fourth-order valence-electron chi connectivity index (χ4n) is 4.95. The van der Waals surface area contributed by atoms with E-state index >= 15 is 0 Å². The van der Waals surface area contributed by atoms with Crippen molar-refractivity contribution in [1.29, 1.82) is 0 Å². The molecule has 2 heterocycles. The second kappa shape index (κ2) is 11.9. The van der Waals surface area contributed by atoms with E-state index in [1.807, 2.05) is 0 Å². The van der Waals surface area contributed by atoms with Gasteiger partial charge in [-0.15, -0.1) is 0 Å². The number of alkyl halides is 2.